The largest absolute Gasteiger partial charge is 0.353 e. The molecule has 0 fully saturated rings. The molecule has 1 N–H and O–H groups in total. The van der Waals surface area contributed by atoms with E-state index in [0.717, 1.165) is 12.8 Å². The van der Waals surface area contributed by atoms with E-state index in [1.54, 1.807) is 0 Å². The molecule has 0 aromatic rings. The second-order valence-corrected chi connectivity index (χ2v) is 2.21. The van der Waals surface area contributed by atoms with E-state index in [2.05, 4.69) is 11.9 Å². The van der Waals surface area contributed by atoms with E-state index >= 15 is 0 Å². The van der Waals surface area contributed by atoms with E-state index in [0.29, 0.717) is 12.1 Å². The summed E-state index contributed by atoms with van der Waals surface area (Å²) in [5.41, 5.74) is 0.685. The van der Waals surface area contributed by atoms with Crippen LogP contribution in [-0.2, 0) is 4.79 Å². The van der Waals surface area contributed by atoms with Crippen LogP contribution in [0.4, 0.5) is 0 Å². The predicted molar refractivity (Wildman–Crippen MR) is 42.7 cm³/mol. The molecule has 0 saturated carbocycles. The highest BCUT2D eigenvalue weighted by molar-refractivity contribution is 5.92. The molecule has 0 atom stereocenters. The molecule has 0 aliphatic rings. The molecule has 0 rings (SSSR count). The van der Waals surface area contributed by atoms with E-state index in [4.69, 9.17) is 0 Å². The first kappa shape index (κ1) is 9.21. The lowest BCUT2D eigenvalue weighted by molar-refractivity contribution is -0.117. The topological polar surface area (TPSA) is 29.1 Å². The van der Waals surface area contributed by atoms with Crippen molar-refractivity contribution in [3.8, 4) is 0 Å². The Morgan fingerprint density at radius 2 is 2.10 bits per heavy atom. The molecule has 0 heterocycles. The highest BCUT2D eigenvalue weighted by Crippen LogP contribution is 2.00. The molecule has 0 saturated heterocycles. The molecule has 0 bridgehead atoms. The van der Waals surface area contributed by atoms with Crippen molar-refractivity contribution in [3.05, 3.63) is 12.2 Å². The molecule has 2 heteroatoms. The molecular weight excluding hydrogens is 126 g/mol. The molecule has 0 radical (unpaired) electrons. The van der Waals surface area contributed by atoms with Crippen molar-refractivity contribution in [3.63, 3.8) is 0 Å². The maximum absolute atomic E-state index is 10.9. The molecule has 0 aromatic carbocycles. The molecule has 1 amide bonds. The molecule has 58 valence electrons. The van der Waals surface area contributed by atoms with Gasteiger partial charge in [0.15, 0.2) is 0 Å². The maximum atomic E-state index is 10.9. The van der Waals surface area contributed by atoms with Crippen LogP contribution in [0.2, 0.25) is 0 Å². The van der Waals surface area contributed by atoms with Crippen LogP contribution in [0.25, 0.3) is 0 Å². The zero-order valence-electron chi connectivity index (χ0n) is 6.74. The van der Waals surface area contributed by atoms with E-state index < -0.39 is 0 Å². The fraction of sp³-hybridized carbons (Fsp3) is 0.625. The summed E-state index contributed by atoms with van der Waals surface area (Å²) >= 11 is 0. The molecule has 10 heavy (non-hydrogen) atoms. The molecule has 0 aliphatic carbocycles. The summed E-state index contributed by atoms with van der Waals surface area (Å²) in [4.78, 5) is 10.9. The van der Waals surface area contributed by atoms with Gasteiger partial charge in [0.1, 0.15) is 0 Å². The lowest BCUT2D eigenvalue weighted by atomic mass is 10.2. The molecule has 0 spiro atoms. The van der Waals surface area contributed by atoms with Gasteiger partial charge in [-0.15, -0.1) is 0 Å². The van der Waals surface area contributed by atoms with Crippen LogP contribution in [0.15, 0.2) is 12.2 Å². The summed E-state index contributed by atoms with van der Waals surface area (Å²) in [6.45, 7) is 8.27. The van der Waals surface area contributed by atoms with Gasteiger partial charge >= 0.3 is 0 Å². The number of carbonyl (C=O) groups is 1. The van der Waals surface area contributed by atoms with Crippen LogP contribution in [0.1, 0.15) is 26.7 Å². The second kappa shape index (κ2) is 5.03. The highest BCUT2D eigenvalue weighted by Gasteiger charge is 2.01. The van der Waals surface area contributed by atoms with Crippen LogP contribution in [0.3, 0.4) is 0 Å². The van der Waals surface area contributed by atoms with Gasteiger partial charge in [-0.3, -0.25) is 4.79 Å². The van der Waals surface area contributed by atoms with Crippen molar-refractivity contribution in [2.24, 2.45) is 0 Å². The van der Waals surface area contributed by atoms with Crippen molar-refractivity contribution >= 4 is 5.91 Å². The first-order valence-electron chi connectivity index (χ1n) is 3.68. The zero-order valence-corrected chi connectivity index (χ0v) is 6.74. The minimum absolute atomic E-state index is 0.00986. The van der Waals surface area contributed by atoms with Crippen molar-refractivity contribution < 1.29 is 4.79 Å². The van der Waals surface area contributed by atoms with Gasteiger partial charge in [0.25, 0.3) is 0 Å². The summed E-state index contributed by atoms with van der Waals surface area (Å²) < 4.78 is 0. The minimum atomic E-state index is -0.00986. The Labute approximate surface area is 62.3 Å². The smallest absolute Gasteiger partial charge is 0.246 e. The minimum Gasteiger partial charge on any atom is -0.353 e. The average Bonchev–Trinajstić information content (AvgIpc) is 1.89. The molecule has 0 unspecified atom stereocenters. The van der Waals surface area contributed by atoms with Gasteiger partial charge in [-0.05, 0) is 13.3 Å². The molecule has 0 aliphatic heterocycles. The van der Waals surface area contributed by atoms with Gasteiger partial charge < -0.3 is 5.32 Å². The Kier molecular flexibility index (Phi) is 4.63. The van der Waals surface area contributed by atoms with Gasteiger partial charge in [-0.25, -0.2) is 0 Å². The summed E-state index contributed by atoms with van der Waals surface area (Å²) in [6.07, 6.45) is 1.78. The fourth-order valence-corrected chi connectivity index (χ4v) is 0.701. The van der Waals surface area contributed by atoms with Gasteiger partial charge in [-0.1, -0.05) is 19.9 Å². The molecule has 2 nitrogen and oxygen atoms in total. The summed E-state index contributed by atoms with van der Waals surface area (Å²) in [7, 11) is 0. The lowest BCUT2D eigenvalue weighted by Gasteiger charge is -2.02. The second-order valence-electron chi connectivity index (χ2n) is 2.21. The summed E-state index contributed by atoms with van der Waals surface area (Å²) in [6, 6.07) is 0. The van der Waals surface area contributed by atoms with Crippen LogP contribution in [0, 0.1) is 0 Å². The van der Waals surface area contributed by atoms with E-state index in [9.17, 15) is 4.79 Å². The first-order chi connectivity index (χ1) is 4.72. The lowest BCUT2D eigenvalue weighted by Crippen LogP contribution is -2.23. The SMILES string of the molecule is C=C(CCC)C(=O)NCC. The third-order valence-electron chi connectivity index (χ3n) is 1.21. The standard InChI is InChI=1S/C8H15NO/c1-4-6-7(3)8(10)9-5-2/h3-6H2,1-2H3,(H,9,10). The number of hydrogen-bond donors (Lipinski definition) is 1. The van der Waals surface area contributed by atoms with Gasteiger partial charge in [0.05, 0.1) is 0 Å². The summed E-state index contributed by atoms with van der Waals surface area (Å²) in [5.74, 6) is -0.00986. The third-order valence-corrected chi connectivity index (χ3v) is 1.21. The maximum Gasteiger partial charge on any atom is 0.246 e. The van der Waals surface area contributed by atoms with Crippen LogP contribution in [-0.4, -0.2) is 12.5 Å². The zero-order chi connectivity index (χ0) is 7.98. The Morgan fingerprint density at radius 3 is 2.50 bits per heavy atom. The fourth-order valence-electron chi connectivity index (χ4n) is 0.701. The number of carbonyl (C=O) groups excluding carboxylic acids is 1. The van der Waals surface area contributed by atoms with Crippen molar-refractivity contribution in [2.75, 3.05) is 6.54 Å². The Balaban J connectivity index is 3.60. The average molecular weight is 141 g/mol. The van der Waals surface area contributed by atoms with Crippen molar-refractivity contribution in [2.45, 2.75) is 26.7 Å². The van der Waals surface area contributed by atoms with Crippen LogP contribution < -0.4 is 5.32 Å². The van der Waals surface area contributed by atoms with Crippen LogP contribution in [0.5, 0.6) is 0 Å². The van der Waals surface area contributed by atoms with Gasteiger partial charge in [0.2, 0.25) is 5.91 Å². The quantitative estimate of drug-likeness (QED) is 0.590. The number of rotatable bonds is 4. The Morgan fingerprint density at radius 1 is 1.50 bits per heavy atom. The Bertz CT molecular complexity index is 113. The summed E-state index contributed by atoms with van der Waals surface area (Å²) in [5, 5.41) is 2.69. The van der Waals surface area contributed by atoms with E-state index in [1.165, 1.54) is 0 Å². The predicted octanol–water partition coefficient (Wildman–Crippen LogP) is 1.48. The molecule has 0 aromatic heterocycles. The van der Waals surface area contributed by atoms with E-state index in [-0.39, 0.29) is 5.91 Å². The monoisotopic (exact) mass is 141 g/mol. The van der Waals surface area contributed by atoms with Crippen molar-refractivity contribution in [1.29, 1.82) is 0 Å². The van der Waals surface area contributed by atoms with Gasteiger partial charge in [0, 0.05) is 12.1 Å². The first-order valence-corrected chi connectivity index (χ1v) is 3.68. The molecular formula is C8H15NO. The number of nitrogens with one attached hydrogen (secondary N) is 1. The van der Waals surface area contributed by atoms with E-state index in [1.807, 2.05) is 13.8 Å². The van der Waals surface area contributed by atoms with Crippen LogP contribution >= 0.6 is 0 Å². The highest BCUT2D eigenvalue weighted by atomic mass is 16.1. The Hall–Kier alpha value is -0.790. The number of amides is 1. The number of hydrogen-bond acceptors (Lipinski definition) is 1. The van der Waals surface area contributed by atoms with Gasteiger partial charge in [-0.2, -0.15) is 0 Å². The third kappa shape index (κ3) is 3.28. The van der Waals surface area contributed by atoms with Crippen molar-refractivity contribution in [1.82, 2.24) is 5.32 Å². The normalized spacial score (nSPS) is 9.00. The number of likely N-dealkylation sites (N-methyl/N-ethyl adjacent to an activating group) is 1.